The number of methoxy groups -OCH3 is 4. The van der Waals surface area contributed by atoms with Crippen LogP contribution >= 0.6 is 11.8 Å². The second-order valence-corrected chi connectivity index (χ2v) is 8.72. The van der Waals surface area contributed by atoms with Crippen molar-refractivity contribution in [1.29, 1.82) is 0 Å². The average Bonchev–Trinajstić information content (AvgIpc) is 2.54. The lowest BCUT2D eigenvalue weighted by Crippen LogP contribution is -2.67. The monoisotopic (exact) mass is 402 g/mol. The summed E-state index contributed by atoms with van der Waals surface area (Å²) >= 11 is 1.35. The Bertz CT molecular complexity index is 486. The largest absolute Gasteiger partial charge is 0.382 e. The molecule has 1 fully saturated rings. The van der Waals surface area contributed by atoms with Gasteiger partial charge in [-0.3, -0.25) is 4.18 Å². The molecule has 1 saturated heterocycles. The molecule has 1 aliphatic rings. The first-order valence-electron chi connectivity index (χ1n) is 8.10. The maximum atomic E-state index is 12.4. The van der Waals surface area contributed by atoms with Gasteiger partial charge in [-0.1, -0.05) is 6.92 Å². The molecule has 0 unspecified atom stereocenters. The molecule has 0 bridgehead atoms. The van der Waals surface area contributed by atoms with Gasteiger partial charge in [-0.05, 0) is 12.7 Å². The number of rotatable bonds is 11. The molecule has 150 valence electrons. The SMILES string of the molecule is CCOS(=O)(=O)C[C@]1(SCC)O[C@H](COC)[C@@H](OC)[C@H](OC)[C@H]1OC. The molecule has 25 heavy (non-hydrogen) atoms. The van der Waals surface area contributed by atoms with Gasteiger partial charge < -0.3 is 23.7 Å². The third kappa shape index (κ3) is 5.52. The smallest absolute Gasteiger partial charge is 0.271 e. The summed E-state index contributed by atoms with van der Waals surface area (Å²) in [6.45, 7) is 3.84. The topological polar surface area (TPSA) is 89.5 Å². The molecule has 0 saturated carbocycles. The first-order valence-corrected chi connectivity index (χ1v) is 10.7. The van der Waals surface area contributed by atoms with E-state index in [1.807, 2.05) is 6.92 Å². The van der Waals surface area contributed by atoms with Crippen LogP contribution in [0.15, 0.2) is 0 Å². The van der Waals surface area contributed by atoms with E-state index in [2.05, 4.69) is 0 Å². The minimum absolute atomic E-state index is 0.0583. The summed E-state index contributed by atoms with van der Waals surface area (Å²) in [5.74, 6) is 0.261. The van der Waals surface area contributed by atoms with Gasteiger partial charge in [0.2, 0.25) is 0 Å². The van der Waals surface area contributed by atoms with Crippen molar-refractivity contribution in [2.75, 3.05) is 53.2 Å². The summed E-state index contributed by atoms with van der Waals surface area (Å²) in [6, 6.07) is 0. The third-order valence-corrected chi connectivity index (χ3v) is 6.78. The fourth-order valence-corrected chi connectivity index (χ4v) is 6.17. The minimum Gasteiger partial charge on any atom is -0.382 e. The predicted octanol–water partition coefficient (Wildman–Crippen LogP) is 0.892. The summed E-state index contributed by atoms with van der Waals surface area (Å²) in [5, 5.41) is 0. The molecule has 0 aromatic rings. The zero-order valence-corrected chi connectivity index (χ0v) is 17.4. The summed E-state index contributed by atoms with van der Waals surface area (Å²) in [5.41, 5.74) is 0. The molecular weight excluding hydrogens is 372 g/mol. The Labute approximate surface area is 154 Å². The highest BCUT2D eigenvalue weighted by atomic mass is 32.2. The van der Waals surface area contributed by atoms with Crippen LogP contribution in [0.4, 0.5) is 0 Å². The average molecular weight is 403 g/mol. The fraction of sp³-hybridized carbons (Fsp3) is 1.00. The molecule has 0 spiro atoms. The van der Waals surface area contributed by atoms with Crippen LogP contribution in [0.2, 0.25) is 0 Å². The summed E-state index contributed by atoms with van der Waals surface area (Å²) in [4.78, 5) is -1.20. The molecule has 8 nitrogen and oxygen atoms in total. The highest BCUT2D eigenvalue weighted by Crippen LogP contribution is 2.43. The lowest BCUT2D eigenvalue weighted by molar-refractivity contribution is -0.255. The Kier molecular flexibility index (Phi) is 9.62. The quantitative estimate of drug-likeness (QED) is 0.467. The summed E-state index contributed by atoms with van der Waals surface area (Å²) < 4.78 is 57.9. The van der Waals surface area contributed by atoms with E-state index in [4.69, 9.17) is 27.9 Å². The molecule has 0 N–H and O–H groups in total. The first kappa shape index (κ1) is 23.1. The van der Waals surface area contributed by atoms with Gasteiger partial charge in [0.25, 0.3) is 10.1 Å². The van der Waals surface area contributed by atoms with Crippen molar-refractivity contribution in [3.8, 4) is 0 Å². The second kappa shape index (κ2) is 10.4. The Morgan fingerprint density at radius 1 is 1.04 bits per heavy atom. The first-order chi connectivity index (χ1) is 11.8. The highest BCUT2D eigenvalue weighted by Gasteiger charge is 2.58. The molecular formula is C15H30O8S2. The Balaban J connectivity index is 3.33. The number of ether oxygens (including phenoxy) is 5. The van der Waals surface area contributed by atoms with Crippen LogP contribution in [-0.4, -0.2) is 90.9 Å². The van der Waals surface area contributed by atoms with Crippen molar-refractivity contribution < 1.29 is 36.3 Å². The highest BCUT2D eigenvalue weighted by molar-refractivity contribution is 8.01. The van der Waals surface area contributed by atoms with Gasteiger partial charge in [0, 0.05) is 28.4 Å². The maximum absolute atomic E-state index is 12.4. The van der Waals surface area contributed by atoms with E-state index in [1.165, 1.54) is 26.0 Å². The van der Waals surface area contributed by atoms with Gasteiger partial charge in [0.05, 0.1) is 13.2 Å². The van der Waals surface area contributed by atoms with Gasteiger partial charge in [0.1, 0.15) is 30.2 Å². The molecule has 0 aromatic carbocycles. The fourth-order valence-electron chi connectivity index (χ4n) is 3.16. The molecule has 0 amide bonds. The molecule has 0 radical (unpaired) electrons. The second-order valence-electron chi connectivity index (χ2n) is 5.52. The van der Waals surface area contributed by atoms with E-state index in [0.717, 1.165) is 0 Å². The van der Waals surface area contributed by atoms with Crippen LogP contribution in [0.1, 0.15) is 13.8 Å². The molecule has 10 heteroatoms. The van der Waals surface area contributed by atoms with E-state index in [9.17, 15) is 8.42 Å². The predicted molar refractivity (Wildman–Crippen MR) is 95.4 cm³/mol. The Morgan fingerprint density at radius 3 is 2.12 bits per heavy atom. The Hall–Kier alpha value is 0.0600. The van der Waals surface area contributed by atoms with Crippen molar-refractivity contribution in [3.05, 3.63) is 0 Å². The van der Waals surface area contributed by atoms with Crippen molar-refractivity contribution in [1.82, 2.24) is 0 Å². The van der Waals surface area contributed by atoms with E-state index >= 15 is 0 Å². The number of hydrogen-bond donors (Lipinski definition) is 0. The van der Waals surface area contributed by atoms with E-state index < -0.39 is 39.5 Å². The zero-order chi connectivity index (χ0) is 19.1. The number of hydrogen-bond acceptors (Lipinski definition) is 9. The Morgan fingerprint density at radius 2 is 1.68 bits per heavy atom. The van der Waals surface area contributed by atoms with Gasteiger partial charge in [0.15, 0.2) is 4.93 Å². The van der Waals surface area contributed by atoms with Crippen LogP contribution < -0.4 is 0 Å². The molecule has 1 rings (SSSR count). The van der Waals surface area contributed by atoms with Gasteiger partial charge in [-0.2, -0.15) is 8.42 Å². The lowest BCUT2D eigenvalue weighted by Gasteiger charge is -2.51. The number of thioether (sulfide) groups is 1. The van der Waals surface area contributed by atoms with E-state index in [0.29, 0.717) is 5.75 Å². The van der Waals surface area contributed by atoms with Crippen LogP contribution in [0, 0.1) is 0 Å². The van der Waals surface area contributed by atoms with Crippen LogP contribution in [0.5, 0.6) is 0 Å². The van der Waals surface area contributed by atoms with Gasteiger partial charge in [-0.15, -0.1) is 11.8 Å². The molecule has 1 aliphatic heterocycles. The summed E-state index contributed by atoms with van der Waals surface area (Å²) in [6.07, 6.45) is -2.17. The van der Waals surface area contributed by atoms with E-state index in [1.54, 1.807) is 21.1 Å². The van der Waals surface area contributed by atoms with Gasteiger partial charge >= 0.3 is 0 Å². The van der Waals surface area contributed by atoms with Crippen molar-refractivity contribution in [3.63, 3.8) is 0 Å². The van der Waals surface area contributed by atoms with Crippen molar-refractivity contribution >= 4 is 21.9 Å². The molecule has 5 atom stereocenters. The van der Waals surface area contributed by atoms with Gasteiger partial charge in [-0.25, -0.2) is 0 Å². The minimum atomic E-state index is -3.81. The van der Waals surface area contributed by atoms with Crippen LogP contribution in [0.3, 0.4) is 0 Å². The van der Waals surface area contributed by atoms with E-state index in [-0.39, 0.29) is 19.0 Å². The normalized spacial score (nSPS) is 33.5. The van der Waals surface area contributed by atoms with Crippen LogP contribution in [-0.2, 0) is 38.0 Å². The standard InChI is InChI=1S/C15H30O8S2/c1-7-22-25(16,17)10-15(24-8-2)14(21-6)13(20-5)12(19-4)11(23-15)9-18-3/h11-14H,7-10H2,1-6H3/t11-,12-,13+,14-,15-/m1/s1. The van der Waals surface area contributed by atoms with Crippen molar-refractivity contribution in [2.45, 2.75) is 43.2 Å². The summed E-state index contributed by atoms with van der Waals surface area (Å²) in [7, 11) is 2.32. The maximum Gasteiger partial charge on any atom is 0.271 e. The molecule has 0 aliphatic carbocycles. The van der Waals surface area contributed by atoms with Crippen molar-refractivity contribution in [2.24, 2.45) is 0 Å². The molecule has 1 heterocycles. The zero-order valence-electron chi connectivity index (χ0n) is 15.7. The lowest BCUT2D eigenvalue weighted by atomic mass is 9.94. The van der Waals surface area contributed by atoms with Crippen LogP contribution in [0.25, 0.3) is 0 Å². The third-order valence-electron chi connectivity index (χ3n) is 3.97. The molecule has 0 aromatic heterocycles.